The van der Waals surface area contributed by atoms with Gasteiger partial charge in [0.15, 0.2) is 5.89 Å². The Bertz CT molecular complexity index is 537. The van der Waals surface area contributed by atoms with Crippen LogP contribution in [0.1, 0.15) is 22.0 Å². The van der Waals surface area contributed by atoms with Crippen LogP contribution in [0.25, 0.3) is 0 Å². The van der Waals surface area contributed by atoms with E-state index in [2.05, 4.69) is 10.3 Å². The van der Waals surface area contributed by atoms with E-state index in [1.807, 2.05) is 18.2 Å². The predicted molar refractivity (Wildman–Crippen MR) is 63.9 cm³/mol. The first-order valence-electron chi connectivity index (χ1n) is 5.11. The number of aryl methyl sites for hydroxylation is 1. The van der Waals surface area contributed by atoms with Crippen molar-refractivity contribution in [2.75, 3.05) is 0 Å². The van der Waals surface area contributed by atoms with Crippen molar-refractivity contribution in [3.05, 3.63) is 52.7 Å². The summed E-state index contributed by atoms with van der Waals surface area (Å²) in [6.45, 7) is 2.04. The standard InChI is InChI=1S/C12H11ClN2O2/c1-8-14-7-11(17-8)12(16)15-6-9-4-2-3-5-10(9)13/h2-5,7H,6H2,1H3,(H,15,16). The second-order valence-electron chi connectivity index (χ2n) is 3.52. The van der Waals surface area contributed by atoms with Crippen molar-refractivity contribution in [2.24, 2.45) is 0 Å². The Morgan fingerprint density at radius 3 is 2.88 bits per heavy atom. The molecular formula is C12H11ClN2O2. The summed E-state index contributed by atoms with van der Waals surface area (Å²) >= 11 is 5.97. The lowest BCUT2D eigenvalue weighted by Crippen LogP contribution is -2.22. The summed E-state index contributed by atoms with van der Waals surface area (Å²) < 4.78 is 5.11. The Kier molecular flexibility index (Phi) is 3.44. The molecule has 2 rings (SSSR count). The second-order valence-corrected chi connectivity index (χ2v) is 3.92. The topological polar surface area (TPSA) is 55.1 Å². The molecule has 4 nitrogen and oxygen atoms in total. The number of benzene rings is 1. The molecule has 0 unspecified atom stereocenters. The zero-order valence-corrected chi connectivity index (χ0v) is 9.99. The lowest BCUT2D eigenvalue weighted by molar-refractivity contribution is 0.0922. The molecule has 88 valence electrons. The van der Waals surface area contributed by atoms with Crippen LogP contribution in [0.15, 0.2) is 34.9 Å². The second kappa shape index (κ2) is 5.01. The summed E-state index contributed by atoms with van der Waals surface area (Å²) in [4.78, 5) is 15.5. The molecule has 0 saturated heterocycles. The van der Waals surface area contributed by atoms with Gasteiger partial charge in [-0.05, 0) is 11.6 Å². The van der Waals surface area contributed by atoms with Gasteiger partial charge in [0.1, 0.15) is 0 Å². The van der Waals surface area contributed by atoms with Crippen molar-refractivity contribution in [2.45, 2.75) is 13.5 Å². The highest BCUT2D eigenvalue weighted by atomic mass is 35.5. The van der Waals surface area contributed by atoms with Crippen molar-refractivity contribution in [3.8, 4) is 0 Å². The largest absolute Gasteiger partial charge is 0.436 e. The summed E-state index contributed by atoms with van der Waals surface area (Å²) in [5, 5.41) is 3.34. The fourth-order valence-corrected chi connectivity index (χ4v) is 1.57. The molecule has 0 spiro atoms. The molecule has 1 heterocycles. The van der Waals surface area contributed by atoms with Crippen LogP contribution < -0.4 is 5.32 Å². The van der Waals surface area contributed by atoms with Crippen molar-refractivity contribution in [3.63, 3.8) is 0 Å². The molecule has 0 saturated carbocycles. The molecular weight excluding hydrogens is 240 g/mol. The van der Waals surface area contributed by atoms with Gasteiger partial charge in [-0.1, -0.05) is 29.8 Å². The first-order chi connectivity index (χ1) is 8.16. The average molecular weight is 251 g/mol. The van der Waals surface area contributed by atoms with Gasteiger partial charge in [-0.2, -0.15) is 0 Å². The SMILES string of the molecule is Cc1ncc(C(=O)NCc2ccccc2Cl)o1. The van der Waals surface area contributed by atoms with Gasteiger partial charge < -0.3 is 9.73 Å². The Morgan fingerprint density at radius 2 is 2.24 bits per heavy atom. The van der Waals surface area contributed by atoms with Crippen molar-refractivity contribution < 1.29 is 9.21 Å². The monoisotopic (exact) mass is 250 g/mol. The van der Waals surface area contributed by atoms with Crippen molar-refractivity contribution in [1.82, 2.24) is 10.3 Å². The maximum Gasteiger partial charge on any atom is 0.288 e. The number of oxazole rings is 1. The number of carbonyl (C=O) groups excluding carboxylic acids is 1. The number of halogens is 1. The highest BCUT2D eigenvalue weighted by Crippen LogP contribution is 2.14. The number of nitrogens with one attached hydrogen (secondary N) is 1. The van der Waals surface area contributed by atoms with Gasteiger partial charge in [-0.25, -0.2) is 4.98 Å². The molecule has 0 bridgehead atoms. The fraction of sp³-hybridized carbons (Fsp3) is 0.167. The zero-order chi connectivity index (χ0) is 12.3. The fourth-order valence-electron chi connectivity index (χ4n) is 1.37. The van der Waals surface area contributed by atoms with E-state index in [9.17, 15) is 4.79 Å². The quantitative estimate of drug-likeness (QED) is 0.911. The van der Waals surface area contributed by atoms with Crippen LogP contribution in [0.2, 0.25) is 5.02 Å². The summed E-state index contributed by atoms with van der Waals surface area (Å²) in [6.07, 6.45) is 1.40. The van der Waals surface area contributed by atoms with E-state index in [-0.39, 0.29) is 11.7 Å². The number of carbonyl (C=O) groups is 1. The van der Waals surface area contributed by atoms with E-state index in [0.717, 1.165) is 5.56 Å². The lowest BCUT2D eigenvalue weighted by Gasteiger charge is -2.04. The summed E-state index contributed by atoms with van der Waals surface area (Å²) in [5.41, 5.74) is 0.860. The van der Waals surface area contributed by atoms with E-state index >= 15 is 0 Å². The van der Waals surface area contributed by atoms with E-state index in [4.69, 9.17) is 16.0 Å². The smallest absolute Gasteiger partial charge is 0.288 e. The Balaban J connectivity index is 1.99. The van der Waals surface area contributed by atoms with E-state index in [1.165, 1.54) is 6.20 Å². The molecule has 2 aromatic rings. The molecule has 0 aliphatic carbocycles. The minimum Gasteiger partial charge on any atom is -0.436 e. The van der Waals surface area contributed by atoms with Crippen LogP contribution >= 0.6 is 11.6 Å². The molecule has 0 fully saturated rings. The van der Waals surface area contributed by atoms with Crippen LogP contribution in [0.3, 0.4) is 0 Å². The third-order valence-electron chi connectivity index (χ3n) is 2.24. The van der Waals surface area contributed by atoms with Crippen LogP contribution in [0.5, 0.6) is 0 Å². The Hall–Kier alpha value is -1.81. The van der Waals surface area contributed by atoms with E-state index in [0.29, 0.717) is 17.5 Å². The number of nitrogens with zero attached hydrogens (tertiary/aromatic N) is 1. The summed E-state index contributed by atoms with van der Waals surface area (Å²) in [5.74, 6) is 0.368. The highest BCUT2D eigenvalue weighted by Gasteiger charge is 2.10. The molecule has 0 atom stereocenters. The van der Waals surface area contributed by atoms with Gasteiger partial charge >= 0.3 is 0 Å². The van der Waals surface area contributed by atoms with Gasteiger partial charge in [-0.15, -0.1) is 0 Å². The van der Waals surface area contributed by atoms with Crippen LogP contribution in [0.4, 0.5) is 0 Å². The summed E-state index contributed by atoms with van der Waals surface area (Å²) in [7, 11) is 0. The number of hydrogen-bond acceptors (Lipinski definition) is 3. The minimum atomic E-state index is -0.300. The number of rotatable bonds is 3. The van der Waals surface area contributed by atoms with Gasteiger partial charge in [0.05, 0.1) is 6.20 Å². The Labute approximate surface area is 104 Å². The third-order valence-corrected chi connectivity index (χ3v) is 2.61. The first kappa shape index (κ1) is 11.7. The van der Waals surface area contributed by atoms with Gasteiger partial charge in [0.25, 0.3) is 5.91 Å². The predicted octanol–water partition coefficient (Wildman–Crippen LogP) is 2.57. The lowest BCUT2D eigenvalue weighted by atomic mass is 10.2. The molecule has 0 aliphatic rings. The summed E-state index contributed by atoms with van der Waals surface area (Å²) in [6, 6.07) is 7.34. The normalized spacial score (nSPS) is 10.2. The van der Waals surface area contributed by atoms with Crippen LogP contribution in [0, 0.1) is 6.92 Å². The number of hydrogen-bond donors (Lipinski definition) is 1. The van der Waals surface area contributed by atoms with Gasteiger partial charge in [0, 0.05) is 18.5 Å². The maximum atomic E-state index is 11.7. The van der Waals surface area contributed by atoms with Crippen LogP contribution in [-0.2, 0) is 6.54 Å². The number of amides is 1. The molecule has 1 aromatic heterocycles. The molecule has 1 aromatic carbocycles. The highest BCUT2D eigenvalue weighted by molar-refractivity contribution is 6.31. The first-order valence-corrected chi connectivity index (χ1v) is 5.48. The van der Waals surface area contributed by atoms with E-state index < -0.39 is 0 Å². The molecule has 17 heavy (non-hydrogen) atoms. The third kappa shape index (κ3) is 2.85. The number of aromatic nitrogens is 1. The molecule has 1 amide bonds. The maximum absolute atomic E-state index is 11.7. The molecule has 5 heteroatoms. The molecule has 1 N–H and O–H groups in total. The zero-order valence-electron chi connectivity index (χ0n) is 9.24. The van der Waals surface area contributed by atoms with Gasteiger partial charge in [-0.3, -0.25) is 4.79 Å². The van der Waals surface area contributed by atoms with Crippen molar-refractivity contribution in [1.29, 1.82) is 0 Å². The van der Waals surface area contributed by atoms with Crippen molar-refractivity contribution >= 4 is 17.5 Å². The Morgan fingerprint density at radius 1 is 1.47 bits per heavy atom. The van der Waals surface area contributed by atoms with Gasteiger partial charge in [0.2, 0.25) is 5.76 Å². The average Bonchev–Trinajstić information content (AvgIpc) is 2.74. The van der Waals surface area contributed by atoms with Crippen LogP contribution in [-0.4, -0.2) is 10.9 Å². The molecule has 0 aliphatic heterocycles. The minimum absolute atomic E-state index is 0.203. The van der Waals surface area contributed by atoms with E-state index in [1.54, 1.807) is 13.0 Å². The molecule has 0 radical (unpaired) electrons.